The molecule has 0 saturated carbocycles. The van der Waals surface area contributed by atoms with Gasteiger partial charge >= 0.3 is 0 Å². The van der Waals surface area contributed by atoms with Gasteiger partial charge in [-0.15, -0.1) is 0 Å². The van der Waals surface area contributed by atoms with E-state index in [1.54, 1.807) is 0 Å². The quantitative estimate of drug-likeness (QED) is 0.811. The second kappa shape index (κ2) is 4.23. The molecule has 2 heterocycles. The van der Waals surface area contributed by atoms with Crippen LogP contribution in [0.1, 0.15) is 44.9 Å². The number of rotatable bonds is 2. The fraction of sp³-hybridized carbons (Fsp3) is 0.727. The predicted molar refractivity (Wildman–Crippen MR) is 59.3 cm³/mol. The molecule has 1 saturated heterocycles. The monoisotopic (exact) mass is 209 g/mol. The first kappa shape index (κ1) is 10.5. The lowest BCUT2D eigenvalue weighted by atomic mass is 9.98. The van der Waals surface area contributed by atoms with Gasteiger partial charge in [0.05, 0.1) is 6.04 Å². The van der Waals surface area contributed by atoms with Gasteiger partial charge in [0, 0.05) is 12.1 Å². The molecule has 15 heavy (non-hydrogen) atoms. The van der Waals surface area contributed by atoms with Gasteiger partial charge in [-0.05, 0) is 33.2 Å². The van der Waals surface area contributed by atoms with Crippen LogP contribution in [0.2, 0.25) is 0 Å². The van der Waals surface area contributed by atoms with Gasteiger partial charge in [0.25, 0.3) is 0 Å². The average molecular weight is 209 g/mol. The molecule has 0 amide bonds. The number of anilines is 1. The molecule has 2 N–H and O–H groups in total. The maximum Gasteiger partial charge on any atom is 0.167 e. The van der Waals surface area contributed by atoms with E-state index in [-0.39, 0.29) is 0 Å². The minimum atomic E-state index is 0.364. The van der Waals surface area contributed by atoms with E-state index in [0.29, 0.717) is 17.9 Å². The van der Waals surface area contributed by atoms with E-state index in [2.05, 4.69) is 23.9 Å². The summed E-state index contributed by atoms with van der Waals surface area (Å²) in [6, 6.07) is 2.76. The standard InChI is InChI=1S/C11H19N3O/c1-8(2)14-6-4-3-5-9(14)10-7-11(12)13-15-10/h7-9H,3-6H2,1-2H3,(H2,12,13). The summed E-state index contributed by atoms with van der Waals surface area (Å²) >= 11 is 0. The van der Waals surface area contributed by atoms with Crippen molar-refractivity contribution in [3.63, 3.8) is 0 Å². The van der Waals surface area contributed by atoms with E-state index in [0.717, 1.165) is 18.7 Å². The van der Waals surface area contributed by atoms with Crippen molar-refractivity contribution in [1.82, 2.24) is 10.1 Å². The lowest BCUT2D eigenvalue weighted by Gasteiger charge is -2.36. The molecule has 2 rings (SSSR count). The molecule has 4 heteroatoms. The minimum Gasteiger partial charge on any atom is -0.381 e. The Bertz CT molecular complexity index is 321. The third-order valence-electron chi connectivity index (χ3n) is 3.08. The number of piperidine rings is 1. The van der Waals surface area contributed by atoms with E-state index in [4.69, 9.17) is 10.3 Å². The van der Waals surface area contributed by atoms with E-state index in [1.165, 1.54) is 12.8 Å². The molecule has 1 aromatic rings. The summed E-state index contributed by atoms with van der Waals surface area (Å²) < 4.78 is 5.27. The van der Waals surface area contributed by atoms with Crippen LogP contribution in [0.4, 0.5) is 5.82 Å². The number of hydrogen-bond acceptors (Lipinski definition) is 4. The van der Waals surface area contributed by atoms with Crippen LogP contribution >= 0.6 is 0 Å². The highest BCUT2D eigenvalue weighted by Crippen LogP contribution is 2.32. The molecule has 1 aliphatic heterocycles. The van der Waals surface area contributed by atoms with Crippen LogP contribution in [0.3, 0.4) is 0 Å². The van der Waals surface area contributed by atoms with Gasteiger partial charge in [0.15, 0.2) is 11.6 Å². The van der Waals surface area contributed by atoms with Gasteiger partial charge < -0.3 is 10.3 Å². The fourth-order valence-corrected chi connectivity index (χ4v) is 2.34. The maximum atomic E-state index is 5.58. The Labute approximate surface area is 90.4 Å². The summed E-state index contributed by atoms with van der Waals surface area (Å²) in [5.41, 5.74) is 5.58. The fourth-order valence-electron chi connectivity index (χ4n) is 2.34. The molecule has 1 fully saturated rings. The first-order valence-corrected chi connectivity index (χ1v) is 5.66. The molecule has 84 valence electrons. The number of nitrogens with two attached hydrogens (primary N) is 1. The maximum absolute atomic E-state index is 5.58. The highest BCUT2D eigenvalue weighted by atomic mass is 16.5. The smallest absolute Gasteiger partial charge is 0.167 e. The predicted octanol–water partition coefficient (Wildman–Crippen LogP) is 2.19. The molecule has 0 radical (unpaired) electrons. The highest BCUT2D eigenvalue weighted by molar-refractivity contribution is 5.28. The Kier molecular flexibility index (Phi) is 2.95. The van der Waals surface area contributed by atoms with Crippen LogP contribution in [0.25, 0.3) is 0 Å². The molecule has 0 aliphatic carbocycles. The SMILES string of the molecule is CC(C)N1CCCCC1c1cc(N)no1. The summed E-state index contributed by atoms with van der Waals surface area (Å²) in [5, 5.41) is 3.76. The second-order valence-electron chi connectivity index (χ2n) is 4.50. The Morgan fingerprint density at radius 2 is 2.33 bits per heavy atom. The van der Waals surface area contributed by atoms with E-state index in [1.807, 2.05) is 6.07 Å². The van der Waals surface area contributed by atoms with Crippen molar-refractivity contribution in [3.8, 4) is 0 Å². The Balaban J connectivity index is 2.17. The molecule has 0 bridgehead atoms. The summed E-state index contributed by atoms with van der Waals surface area (Å²) in [7, 11) is 0. The van der Waals surface area contributed by atoms with Crippen LogP contribution in [-0.4, -0.2) is 22.6 Å². The van der Waals surface area contributed by atoms with Crippen LogP contribution in [0.15, 0.2) is 10.6 Å². The number of likely N-dealkylation sites (tertiary alicyclic amines) is 1. The zero-order valence-corrected chi connectivity index (χ0v) is 9.44. The van der Waals surface area contributed by atoms with Gasteiger partial charge in [0.2, 0.25) is 0 Å². The van der Waals surface area contributed by atoms with Crippen molar-refractivity contribution in [3.05, 3.63) is 11.8 Å². The first-order valence-electron chi connectivity index (χ1n) is 5.66. The summed E-state index contributed by atoms with van der Waals surface area (Å²) in [4.78, 5) is 2.46. The van der Waals surface area contributed by atoms with Crippen LogP contribution in [0.5, 0.6) is 0 Å². The highest BCUT2D eigenvalue weighted by Gasteiger charge is 2.28. The van der Waals surface area contributed by atoms with E-state index >= 15 is 0 Å². The molecule has 1 unspecified atom stereocenters. The van der Waals surface area contributed by atoms with Gasteiger partial charge in [0.1, 0.15) is 0 Å². The van der Waals surface area contributed by atoms with Gasteiger partial charge in [-0.25, -0.2) is 0 Å². The molecule has 0 aromatic carbocycles. The molecule has 1 aliphatic rings. The van der Waals surface area contributed by atoms with Crippen molar-refractivity contribution in [1.29, 1.82) is 0 Å². The van der Waals surface area contributed by atoms with Gasteiger partial charge in [-0.1, -0.05) is 11.6 Å². The minimum absolute atomic E-state index is 0.364. The average Bonchev–Trinajstić information content (AvgIpc) is 2.65. The second-order valence-corrected chi connectivity index (χ2v) is 4.50. The summed E-state index contributed by atoms with van der Waals surface area (Å²) in [6.45, 7) is 5.58. The zero-order chi connectivity index (χ0) is 10.8. The molecule has 0 spiro atoms. The van der Waals surface area contributed by atoms with Crippen LogP contribution < -0.4 is 5.73 Å². The van der Waals surface area contributed by atoms with Crippen molar-refractivity contribution in [2.45, 2.75) is 45.2 Å². The van der Waals surface area contributed by atoms with Crippen molar-refractivity contribution >= 4 is 5.82 Å². The topological polar surface area (TPSA) is 55.3 Å². The first-order chi connectivity index (χ1) is 7.18. The molecular weight excluding hydrogens is 190 g/mol. The van der Waals surface area contributed by atoms with Crippen molar-refractivity contribution < 1.29 is 4.52 Å². The largest absolute Gasteiger partial charge is 0.381 e. The van der Waals surface area contributed by atoms with Crippen molar-refractivity contribution in [2.75, 3.05) is 12.3 Å². The Hall–Kier alpha value is -1.03. The lowest BCUT2D eigenvalue weighted by molar-refractivity contribution is 0.0912. The van der Waals surface area contributed by atoms with E-state index < -0.39 is 0 Å². The molecule has 1 aromatic heterocycles. The Morgan fingerprint density at radius 1 is 1.53 bits per heavy atom. The normalized spacial score (nSPS) is 23.5. The number of nitrogens with zero attached hydrogens (tertiary/aromatic N) is 2. The summed E-state index contributed by atoms with van der Waals surface area (Å²) in [5.74, 6) is 1.40. The van der Waals surface area contributed by atoms with Crippen LogP contribution in [-0.2, 0) is 0 Å². The number of aromatic nitrogens is 1. The Morgan fingerprint density at radius 3 is 2.93 bits per heavy atom. The third-order valence-corrected chi connectivity index (χ3v) is 3.08. The summed E-state index contributed by atoms with van der Waals surface area (Å²) in [6.07, 6.45) is 3.68. The number of hydrogen-bond donors (Lipinski definition) is 1. The molecule has 4 nitrogen and oxygen atoms in total. The van der Waals surface area contributed by atoms with E-state index in [9.17, 15) is 0 Å². The molecular formula is C11H19N3O. The van der Waals surface area contributed by atoms with Crippen molar-refractivity contribution in [2.24, 2.45) is 0 Å². The third kappa shape index (κ3) is 2.15. The van der Waals surface area contributed by atoms with Crippen LogP contribution in [0, 0.1) is 0 Å². The van der Waals surface area contributed by atoms with Gasteiger partial charge in [-0.3, -0.25) is 4.90 Å². The zero-order valence-electron chi connectivity index (χ0n) is 9.44. The van der Waals surface area contributed by atoms with Gasteiger partial charge in [-0.2, -0.15) is 0 Å². The lowest BCUT2D eigenvalue weighted by Crippen LogP contribution is -2.38. The molecule has 1 atom stereocenters. The number of nitrogen functional groups attached to an aromatic ring is 1.